The van der Waals surface area contributed by atoms with Crippen LogP contribution in [0.2, 0.25) is 5.02 Å². The van der Waals surface area contributed by atoms with Gasteiger partial charge in [0.25, 0.3) is 5.91 Å². The predicted molar refractivity (Wildman–Crippen MR) is 136 cm³/mol. The highest BCUT2D eigenvalue weighted by atomic mass is 35.5. The van der Waals surface area contributed by atoms with E-state index in [1.54, 1.807) is 24.1 Å². The minimum atomic E-state index is -0.695. The Bertz CT molecular complexity index is 1080. The Morgan fingerprint density at radius 1 is 0.912 bits per heavy atom. The van der Waals surface area contributed by atoms with Gasteiger partial charge in [-0.3, -0.25) is 9.59 Å². The number of hydrogen-bond donors (Lipinski definition) is 1. The first-order valence-corrected chi connectivity index (χ1v) is 11.8. The van der Waals surface area contributed by atoms with Crippen LogP contribution in [0.25, 0.3) is 0 Å². The van der Waals surface area contributed by atoms with Crippen LogP contribution < -0.4 is 10.1 Å². The van der Waals surface area contributed by atoms with Gasteiger partial charge in [0.1, 0.15) is 11.8 Å². The van der Waals surface area contributed by atoms with E-state index in [1.165, 1.54) is 0 Å². The van der Waals surface area contributed by atoms with Crippen molar-refractivity contribution >= 4 is 23.4 Å². The summed E-state index contributed by atoms with van der Waals surface area (Å²) in [7, 11) is 1.58. The molecule has 5 nitrogen and oxygen atoms in total. The second-order valence-corrected chi connectivity index (χ2v) is 8.89. The Labute approximate surface area is 206 Å². The van der Waals surface area contributed by atoms with Crippen molar-refractivity contribution in [3.63, 3.8) is 0 Å². The maximum absolute atomic E-state index is 13.5. The van der Waals surface area contributed by atoms with Crippen molar-refractivity contribution < 1.29 is 14.3 Å². The number of ether oxygens (including phenoxy) is 1. The molecule has 3 aromatic rings. The van der Waals surface area contributed by atoms with E-state index >= 15 is 0 Å². The molecule has 2 amide bonds. The molecule has 0 aliphatic rings. The summed E-state index contributed by atoms with van der Waals surface area (Å²) in [6, 6.07) is 24.0. The quantitative estimate of drug-likeness (QED) is 0.434. The summed E-state index contributed by atoms with van der Waals surface area (Å²) in [4.78, 5) is 28.1. The summed E-state index contributed by atoms with van der Waals surface area (Å²) in [6.45, 7) is 4.26. The molecule has 0 heterocycles. The average Bonchev–Trinajstić information content (AvgIpc) is 2.86. The average molecular weight is 479 g/mol. The molecule has 0 saturated heterocycles. The van der Waals surface area contributed by atoms with Crippen molar-refractivity contribution in [3.05, 3.63) is 101 Å². The number of carbonyl (C=O) groups is 2. The monoisotopic (exact) mass is 478 g/mol. The van der Waals surface area contributed by atoms with E-state index in [1.807, 2.05) is 66.7 Å². The number of rotatable bonds is 10. The molecule has 0 unspecified atom stereocenters. The standard InChI is InChI=1S/C28H31ClN2O3/c1-20(2)24-11-7-8-12-26(24)34-19-27(32)31(18-22-13-15-23(29)16-14-22)25(28(33)30-3)17-21-9-5-4-6-10-21/h4-16,20,25H,17-19H2,1-3H3,(H,30,33)/t25-/m0/s1. The lowest BCUT2D eigenvalue weighted by Crippen LogP contribution is -2.51. The van der Waals surface area contributed by atoms with Gasteiger partial charge < -0.3 is 15.0 Å². The third-order valence-corrected chi connectivity index (χ3v) is 5.93. The van der Waals surface area contributed by atoms with E-state index in [-0.39, 0.29) is 30.9 Å². The van der Waals surface area contributed by atoms with Gasteiger partial charge >= 0.3 is 0 Å². The lowest BCUT2D eigenvalue weighted by molar-refractivity contribution is -0.142. The number of nitrogens with zero attached hydrogens (tertiary/aromatic N) is 1. The molecular weight excluding hydrogens is 448 g/mol. The van der Waals surface area contributed by atoms with Gasteiger partial charge in [0.05, 0.1) is 0 Å². The first-order valence-electron chi connectivity index (χ1n) is 11.4. The summed E-state index contributed by atoms with van der Waals surface area (Å²) in [5, 5.41) is 3.33. The van der Waals surface area contributed by atoms with Gasteiger partial charge in [-0.05, 0) is 40.8 Å². The number of carbonyl (C=O) groups excluding carboxylic acids is 2. The van der Waals surface area contributed by atoms with Crippen molar-refractivity contribution in [2.24, 2.45) is 0 Å². The van der Waals surface area contributed by atoms with Crippen molar-refractivity contribution in [2.45, 2.75) is 38.8 Å². The van der Waals surface area contributed by atoms with Gasteiger partial charge in [-0.15, -0.1) is 0 Å². The van der Waals surface area contributed by atoms with Crippen LogP contribution in [0.5, 0.6) is 5.75 Å². The number of amides is 2. The Morgan fingerprint density at radius 2 is 1.56 bits per heavy atom. The van der Waals surface area contributed by atoms with Crippen LogP contribution in [-0.4, -0.2) is 36.4 Å². The number of likely N-dealkylation sites (N-methyl/N-ethyl adjacent to an activating group) is 1. The largest absolute Gasteiger partial charge is 0.483 e. The van der Waals surface area contributed by atoms with Crippen molar-refractivity contribution in [3.8, 4) is 5.75 Å². The number of halogens is 1. The molecule has 0 aromatic heterocycles. The van der Waals surface area contributed by atoms with Gasteiger partial charge in [-0.25, -0.2) is 0 Å². The molecule has 0 saturated carbocycles. The molecule has 0 aliphatic carbocycles. The Hall–Kier alpha value is -3.31. The summed E-state index contributed by atoms with van der Waals surface area (Å²) in [6.07, 6.45) is 0.391. The Morgan fingerprint density at radius 3 is 2.21 bits per heavy atom. The van der Waals surface area contributed by atoms with E-state index in [2.05, 4.69) is 19.2 Å². The third-order valence-electron chi connectivity index (χ3n) is 5.68. The first-order chi connectivity index (χ1) is 16.4. The molecule has 1 atom stereocenters. The molecule has 0 radical (unpaired) electrons. The lowest BCUT2D eigenvalue weighted by Gasteiger charge is -2.31. The molecule has 0 aliphatic heterocycles. The summed E-state index contributed by atoms with van der Waals surface area (Å²) >= 11 is 6.05. The van der Waals surface area contributed by atoms with Crippen LogP contribution in [0.4, 0.5) is 0 Å². The van der Waals surface area contributed by atoms with E-state index in [4.69, 9.17) is 16.3 Å². The number of benzene rings is 3. The van der Waals surface area contributed by atoms with E-state index in [9.17, 15) is 9.59 Å². The minimum Gasteiger partial charge on any atom is -0.483 e. The van der Waals surface area contributed by atoms with Crippen molar-refractivity contribution in [1.82, 2.24) is 10.2 Å². The Balaban J connectivity index is 1.88. The van der Waals surface area contributed by atoms with Crippen LogP contribution >= 0.6 is 11.6 Å². The van der Waals surface area contributed by atoms with Crippen LogP contribution in [0.3, 0.4) is 0 Å². The van der Waals surface area contributed by atoms with Gasteiger partial charge in [0, 0.05) is 25.0 Å². The predicted octanol–water partition coefficient (Wildman–Crippen LogP) is 5.23. The van der Waals surface area contributed by atoms with Gasteiger partial charge in [0.15, 0.2) is 6.61 Å². The zero-order valence-electron chi connectivity index (χ0n) is 19.8. The fraction of sp³-hybridized carbons (Fsp3) is 0.286. The fourth-order valence-electron chi connectivity index (χ4n) is 3.82. The lowest BCUT2D eigenvalue weighted by atomic mass is 10.0. The molecule has 6 heteroatoms. The fourth-order valence-corrected chi connectivity index (χ4v) is 3.94. The summed E-state index contributed by atoms with van der Waals surface area (Å²) in [5.41, 5.74) is 2.88. The highest BCUT2D eigenvalue weighted by molar-refractivity contribution is 6.30. The van der Waals surface area contributed by atoms with Gasteiger partial charge in [-0.2, -0.15) is 0 Å². The van der Waals surface area contributed by atoms with E-state index in [0.29, 0.717) is 17.2 Å². The molecule has 0 bridgehead atoms. The zero-order chi connectivity index (χ0) is 24.5. The molecule has 3 aromatic carbocycles. The Kier molecular flexibility index (Phi) is 9.11. The number of hydrogen-bond acceptors (Lipinski definition) is 3. The van der Waals surface area contributed by atoms with Crippen LogP contribution in [0.1, 0.15) is 36.5 Å². The highest BCUT2D eigenvalue weighted by Crippen LogP contribution is 2.26. The number of nitrogens with one attached hydrogen (secondary N) is 1. The molecule has 34 heavy (non-hydrogen) atoms. The van der Waals surface area contributed by atoms with Crippen LogP contribution in [0.15, 0.2) is 78.9 Å². The molecule has 1 N–H and O–H groups in total. The van der Waals surface area contributed by atoms with Crippen molar-refractivity contribution in [1.29, 1.82) is 0 Å². The van der Waals surface area contributed by atoms with Crippen LogP contribution in [0, 0.1) is 0 Å². The maximum atomic E-state index is 13.5. The smallest absolute Gasteiger partial charge is 0.261 e. The molecule has 3 rings (SSSR count). The zero-order valence-corrected chi connectivity index (χ0v) is 20.6. The maximum Gasteiger partial charge on any atom is 0.261 e. The topological polar surface area (TPSA) is 58.6 Å². The van der Waals surface area contributed by atoms with E-state index in [0.717, 1.165) is 16.7 Å². The normalized spacial score (nSPS) is 11.7. The van der Waals surface area contributed by atoms with Crippen molar-refractivity contribution in [2.75, 3.05) is 13.7 Å². The highest BCUT2D eigenvalue weighted by Gasteiger charge is 2.30. The van der Waals surface area contributed by atoms with Gasteiger partial charge in [-0.1, -0.05) is 86.1 Å². The molecular formula is C28H31ClN2O3. The minimum absolute atomic E-state index is 0.167. The molecule has 0 spiro atoms. The van der Waals surface area contributed by atoms with E-state index < -0.39 is 6.04 Å². The van der Waals surface area contributed by atoms with Gasteiger partial charge in [0.2, 0.25) is 5.91 Å². The first kappa shape index (κ1) is 25.3. The third kappa shape index (κ3) is 6.84. The second-order valence-electron chi connectivity index (χ2n) is 8.45. The number of para-hydroxylation sites is 1. The second kappa shape index (κ2) is 12.2. The van der Waals surface area contributed by atoms with Crippen LogP contribution in [-0.2, 0) is 22.6 Å². The SMILES string of the molecule is CNC(=O)[C@H](Cc1ccccc1)N(Cc1ccc(Cl)cc1)C(=O)COc1ccccc1C(C)C. The molecule has 178 valence electrons. The summed E-state index contributed by atoms with van der Waals surface area (Å²) < 4.78 is 5.97. The molecule has 0 fully saturated rings. The summed E-state index contributed by atoms with van der Waals surface area (Å²) in [5.74, 6) is 0.441.